The van der Waals surface area contributed by atoms with E-state index in [1.165, 1.54) is 26.2 Å². The Morgan fingerprint density at radius 3 is 2.43 bits per heavy atom. The molecule has 13 nitrogen and oxygen atoms in total. The molecular weight excluding hydrogens is 585 g/mol. The highest BCUT2D eigenvalue weighted by Gasteiger charge is 2.35. The summed E-state index contributed by atoms with van der Waals surface area (Å²) in [7, 11) is 1.39. The Kier molecular flexibility index (Phi) is 9.82. The Bertz CT molecular complexity index is 1540. The molecule has 4 rings (SSSR count). The molecule has 1 saturated heterocycles. The molecule has 44 heavy (non-hydrogen) atoms. The Labute approximate surface area is 250 Å². The predicted octanol–water partition coefficient (Wildman–Crippen LogP) is 3.72. The lowest BCUT2D eigenvalue weighted by Crippen LogP contribution is -2.50. The minimum absolute atomic E-state index is 0.138. The van der Waals surface area contributed by atoms with Crippen LogP contribution < -0.4 is 25.6 Å². The first-order chi connectivity index (χ1) is 21.0. The standard InChI is InChI=1S/C28H29F3N8O5/c1-4-23(41)33-18-6-5-7-19(14-18)34-25-20(28(29,30)31)15-32-27(37-25)35-21-8-9-22(36-26(21)43-3)38-10-12-39(13-11-38)24(42)16-44-17(2)40/h4-9,14-15H,1,10-13,16H2,2-3H3,(H,33,41)(H2,32,34,35,37). The minimum Gasteiger partial charge on any atom is -0.479 e. The number of carbonyl (C=O) groups excluding carboxylic acids is 3. The molecule has 232 valence electrons. The van der Waals surface area contributed by atoms with Crippen molar-refractivity contribution < 1.29 is 37.0 Å². The number of benzene rings is 1. The van der Waals surface area contributed by atoms with Gasteiger partial charge in [-0.2, -0.15) is 23.1 Å². The number of alkyl halides is 3. The van der Waals surface area contributed by atoms with Crippen LogP contribution in [0.15, 0.2) is 55.3 Å². The lowest BCUT2D eigenvalue weighted by Gasteiger charge is -2.35. The second kappa shape index (κ2) is 13.7. The van der Waals surface area contributed by atoms with E-state index in [0.717, 1.165) is 6.08 Å². The molecule has 3 heterocycles. The van der Waals surface area contributed by atoms with Gasteiger partial charge in [0.15, 0.2) is 6.61 Å². The number of piperazine rings is 1. The van der Waals surface area contributed by atoms with Gasteiger partial charge in [-0.05, 0) is 36.4 Å². The molecule has 1 aliphatic heterocycles. The summed E-state index contributed by atoms with van der Waals surface area (Å²) in [5.74, 6) is -1.29. The molecule has 0 radical (unpaired) electrons. The SMILES string of the molecule is C=CC(=O)Nc1cccc(Nc2nc(Nc3ccc(N4CCN(C(=O)COC(C)=O)CC4)nc3OC)ncc2C(F)(F)F)c1. The number of nitrogens with zero attached hydrogens (tertiary/aromatic N) is 5. The summed E-state index contributed by atoms with van der Waals surface area (Å²) < 4.78 is 51.6. The highest BCUT2D eigenvalue weighted by molar-refractivity contribution is 5.99. The minimum atomic E-state index is -4.76. The molecule has 0 saturated carbocycles. The van der Waals surface area contributed by atoms with Gasteiger partial charge in [0, 0.05) is 50.7 Å². The number of rotatable bonds is 10. The zero-order valence-electron chi connectivity index (χ0n) is 23.8. The fraction of sp³-hybridized carbons (Fsp3) is 0.286. The van der Waals surface area contributed by atoms with Gasteiger partial charge in [0.25, 0.3) is 5.91 Å². The van der Waals surface area contributed by atoms with Crippen LogP contribution in [0.3, 0.4) is 0 Å². The van der Waals surface area contributed by atoms with E-state index in [1.807, 2.05) is 4.90 Å². The van der Waals surface area contributed by atoms with Crippen molar-refractivity contribution in [2.24, 2.45) is 0 Å². The van der Waals surface area contributed by atoms with Crippen LogP contribution in [0.4, 0.5) is 47.8 Å². The van der Waals surface area contributed by atoms with E-state index in [1.54, 1.807) is 29.2 Å². The van der Waals surface area contributed by atoms with E-state index in [4.69, 9.17) is 9.47 Å². The molecule has 2 amide bonds. The third-order valence-corrected chi connectivity index (χ3v) is 6.31. The Hall–Kier alpha value is -5.41. The van der Waals surface area contributed by atoms with E-state index in [0.29, 0.717) is 49.6 Å². The normalized spacial score (nSPS) is 13.1. The number of aromatic nitrogens is 3. The van der Waals surface area contributed by atoms with E-state index in [2.05, 4.69) is 37.5 Å². The van der Waals surface area contributed by atoms with Gasteiger partial charge in [0.2, 0.25) is 17.7 Å². The maximum Gasteiger partial charge on any atom is 0.421 e. The molecule has 0 spiro atoms. The third kappa shape index (κ3) is 8.11. The molecule has 16 heteroatoms. The predicted molar refractivity (Wildman–Crippen MR) is 155 cm³/mol. The molecule has 3 aromatic rings. The lowest BCUT2D eigenvalue weighted by molar-refractivity contribution is -0.150. The van der Waals surface area contributed by atoms with Crippen molar-refractivity contribution in [1.82, 2.24) is 19.9 Å². The number of pyridine rings is 1. The van der Waals surface area contributed by atoms with Crippen molar-refractivity contribution in [1.29, 1.82) is 0 Å². The monoisotopic (exact) mass is 614 g/mol. The molecule has 0 unspecified atom stereocenters. The number of carbonyl (C=O) groups is 3. The number of methoxy groups -OCH3 is 1. The van der Waals surface area contributed by atoms with Gasteiger partial charge in [-0.15, -0.1) is 0 Å². The summed E-state index contributed by atoms with van der Waals surface area (Å²) in [5.41, 5.74) is -0.230. The number of anilines is 6. The van der Waals surface area contributed by atoms with E-state index >= 15 is 0 Å². The van der Waals surface area contributed by atoms with Crippen LogP contribution in [0.25, 0.3) is 0 Å². The van der Waals surface area contributed by atoms with Gasteiger partial charge in [-0.1, -0.05) is 12.6 Å². The zero-order chi connectivity index (χ0) is 31.9. The first-order valence-electron chi connectivity index (χ1n) is 13.2. The summed E-state index contributed by atoms with van der Waals surface area (Å²) >= 11 is 0. The molecule has 2 aromatic heterocycles. The maximum atomic E-state index is 13.8. The summed E-state index contributed by atoms with van der Waals surface area (Å²) in [4.78, 5) is 50.7. The number of amides is 2. The topological polar surface area (TPSA) is 151 Å². The molecule has 1 fully saturated rings. The molecule has 3 N–H and O–H groups in total. The van der Waals surface area contributed by atoms with Crippen molar-refractivity contribution >= 4 is 52.4 Å². The highest BCUT2D eigenvalue weighted by Crippen LogP contribution is 2.36. The van der Waals surface area contributed by atoms with Gasteiger partial charge in [0.1, 0.15) is 22.9 Å². The van der Waals surface area contributed by atoms with Crippen LogP contribution in [-0.2, 0) is 25.3 Å². The Morgan fingerprint density at radius 1 is 1.05 bits per heavy atom. The molecule has 0 bridgehead atoms. The van der Waals surface area contributed by atoms with Gasteiger partial charge in [-0.3, -0.25) is 14.4 Å². The van der Waals surface area contributed by atoms with E-state index in [9.17, 15) is 27.6 Å². The molecule has 1 aliphatic rings. The quantitative estimate of drug-likeness (QED) is 0.226. The zero-order valence-corrected chi connectivity index (χ0v) is 23.8. The first kappa shape index (κ1) is 31.5. The smallest absolute Gasteiger partial charge is 0.421 e. The number of hydrogen-bond donors (Lipinski definition) is 3. The number of hydrogen-bond acceptors (Lipinski definition) is 11. The fourth-order valence-electron chi connectivity index (χ4n) is 4.17. The number of ether oxygens (including phenoxy) is 2. The highest BCUT2D eigenvalue weighted by atomic mass is 19.4. The van der Waals surface area contributed by atoms with E-state index < -0.39 is 29.4 Å². The van der Waals surface area contributed by atoms with Crippen molar-refractivity contribution in [3.05, 3.63) is 60.8 Å². The van der Waals surface area contributed by atoms with Crippen LogP contribution in [-0.4, -0.2) is 77.5 Å². The van der Waals surface area contributed by atoms with Crippen LogP contribution >= 0.6 is 0 Å². The average molecular weight is 615 g/mol. The van der Waals surface area contributed by atoms with Crippen molar-refractivity contribution in [2.45, 2.75) is 13.1 Å². The Balaban J connectivity index is 1.50. The van der Waals surface area contributed by atoms with Crippen molar-refractivity contribution in [3.8, 4) is 5.88 Å². The van der Waals surface area contributed by atoms with Crippen LogP contribution in [0, 0.1) is 0 Å². The van der Waals surface area contributed by atoms with Crippen LogP contribution in [0.5, 0.6) is 5.88 Å². The average Bonchev–Trinajstić information content (AvgIpc) is 2.99. The van der Waals surface area contributed by atoms with E-state index in [-0.39, 0.29) is 30.0 Å². The first-order valence-corrected chi connectivity index (χ1v) is 13.2. The van der Waals surface area contributed by atoms with Gasteiger partial charge in [-0.25, -0.2) is 4.98 Å². The van der Waals surface area contributed by atoms with Gasteiger partial charge < -0.3 is 35.2 Å². The number of halogens is 3. The fourth-order valence-corrected chi connectivity index (χ4v) is 4.17. The number of nitrogens with one attached hydrogen (secondary N) is 3. The van der Waals surface area contributed by atoms with Gasteiger partial charge >= 0.3 is 12.1 Å². The molecule has 1 aromatic carbocycles. The summed E-state index contributed by atoms with van der Waals surface area (Å²) in [6.45, 7) is 6.00. The third-order valence-electron chi connectivity index (χ3n) is 6.31. The largest absolute Gasteiger partial charge is 0.479 e. The maximum absolute atomic E-state index is 13.8. The summed E-state index contributed by atoms with van der Waals surface area (Å²) in [5, 5.41) is 8.04. The van der Waals surface area contributed by atoms with Crippen molar-refractivity contribution in [2.75, 3.05) is 60.7 Å². The summed E-state index contributed by atoms with van der Waals surface area (Å²) in [6, 6.07) is 9.39. The molecule has 0 aliphatic carbocycles. The second-order valence-electron chi connectivity index (χ2n) is 9.35. The second-order valence-corrected chi connectivity index (χ2v) is 9.35. The molecule has 0 atom stereocenters. The Morgan fingerprint density at radius 2 is 1.77 bits per heavy atom. The van der Waals surface area contributed by atoms with Crippen LogP contribution in [0.1, 0.15) is 12.5 Å². The van der Waals surface area contributed by atoms with Gasteiger partial charge in [0.05, 0.1) is 7.11 Å². The lowest BCUT2D eigenvalue weighted by atomic mass is 10.2. The van der Waals surface area contributed by atoms with Crippen LogP contribution in [0.2, 0.25) is 0 Å². The van der Waals surface area contributed by atoms with Crippen molar-refractivity contribution in [3.63, 3.8) is 0 Å². The molecular formula is C28H29F3N8O5. The summed E-state index contributed by atoms with van der Waals surface area (Å²) in [6.07, 6.45) is -3.04. The number of esters is 1.